The molecule has 3 fully saturated rings. The Labute approximate surface area is 190 Å². The normalized spacial score (nSPS) is 27.7. The highest BCUT2D eigenvalue weighted by molar-refractivity contribution is 6.08. The average molecular weight is 467 g/mol. The Morgan fingerprint density at radius 2 is 1.76 bits per heavy atom. The van der Waals surface area contributed by atoms with Crippen LogP contribution in [0.5, 0.6) is 0 Å². The molecule has 1 N–H and O–H groups in total. The number of urea groups is 1. The lowest BCUT2D eigenvalue weighted by molar-refractivity contribution is -0.198. The summed E-state index contributed by atoms with van der Waals surface area (Å²) in [6, 6.07) is 5.65. The fourth-order valence-corrected chi connectivity index (χ4v) is 5.11. The first-order chi connectivity index (χ1) is 15.6. The molecule has 0 aliphatic carbocycles. The lowest BCUT2D eigenvalue weighted by Gasteiger charge is -2.37. The van der Waals surface area contributed by atoms with Gasteiger partial charge in [0.05, 0.1) is 6.67 Å². The van der Waals surface area contributed by atoms with E-state index in [2.05, 4.69) is 6.92 Å². The molecule has 3 aliphatic heterocycles. The van der Waals surface area contributed by atoms with Crippen molar-refractivity contribution in [3.05, 3.63) is 35.9 Å². The van der Waals surface area contributed by atoms with Gasteiger partial charge in [-0.3, -0.25) is 14.5 Å². The van der Waals surface area contributed by atoms with Crippen LogP contribution in [0.3, 0.4) is 0 Å². The number of halogens is 3. The predicted molar refractivity (Wildman–Crippen MR) is 114 cm³/mol. The van der Waals surface area contributed by atoms with Crippen molar-refractivity contribution in [2.45, 2.75) is 44.3 Å². The smallest absolute Gasteiger partial charge is 0.342 e. The number of nitrogens with zero attached hydrogens (tertiary/aromatic N) is 3. The summed E-state index contributed by atoms with van der Waals surface area (Å²) < 4.78 is 42.3. The fourth-order valence-electron chi connectivity index (χ4n) is 5.11. The zero-order valence-electron chi connectivity index (χ0n) is 18.6. The summed E-state index contributed by atoms with van der Waals surface area (Å²) >= 11 is 0. The number of hydrogen-bond donors (Lipinski definition) is 1. The van der Waals surface area contributed by atoms with Gasteiger partial charge < -0.3 is 10.2 Å². The van der Waals surface area contributed by atoms with Crippen LogP contribution in [0.1, 0.15) is 38.2 Å². The number of benzene rings is 1. The zero-order chi connectivity index (χ0) is 23.8. The molecule has 7 nitrogen and oxygen atoms in total. The van der Waals surface area contributed by atoms with Crippen molar-refractivity contribution in [1.29, 1.82) is 0 Å². The first-order valence-electron chi connectivity index (χ1n) is 11.4. The molecular weight excluding hydrogens is 437 g/mol. The van der Waals surface area contributed by atoms with Crippen molar-refractivity contribution < 1.29 is 27.6 Å². The third-order valence-corrected chi connectivity index (χ3v) is 6.98. The largest absolute Gasteiger partial charge is 0.425 e. The van der Waals surface area contributed by atoms with Crippen LogP contribution in [0.25, 0.3) is 0 Å². The number of piperidine rings is 2. The fraction of sp³-hybridized carbons (Fsp3) is 0.609. The average Bonchev–Trinajstić information content (AvgIpc) is 3.05. The van der Waals surface area contributed by atoms with E-state index in [9.17, 15) is 27.6 Å². The van der Waals surface area contributed by atoms with Crippen molar-refractivity contribution in [3.8, 4) is 0 Å². The summed E-state index contributed by atoms with van der Waals surface area (Å²) in [5, 5.41) is 1.91. The first kappa shape index (κ1) is 23.5. The number of amides is 4. The van der Waals surface area contributed by atoms with E-state index in [0.29, 0.717) is 36.7 Å². The molecule has 0 saturated carbocycles. The zero-order valence-corrected chi connectivity index (χ0v) is 18.6. The molecule has 0 aromatic heterocycles. The van der Waals surface area contributed by atoms with Gasteiger partial charge in [-0.25, -0.2) is 9.69 Å². The number of imide groups is 1. The molecule has 1 aromatic rings. The van der Waals surface area contributed by atoms with Gasteiger partial charge in [0, 0.05) is 32.1 Å². The minimum absolute atomic E-state index is 0.131. The maximum Gasteiger partial charge on any atom is 0.425 e. The van der Waals surface area contributed by atoms with Crippen LogP contribution < -0.4 is 5.32 Å². The molecule has 180 valence electrons. The minimum atomic E-state index is -5.00. The molecule has 3 saturated heterocycles. The lowest BCUT2D eigenvalue weighted by atomic mass is 9.89. The van der Waals surface area contributed by atoms with Crippen molar-refractivity contribution in [2.24, 2.45) is 11.8 Å². The molecule has 4 rings (SSSR count). The van der Waals surface area contributed by atoms with E-state index < -0.39 is 23.7 Å². The van der Waals surface area contributed by atoms with Crippen LogP contribution in [-0.2, 0) is 15.1 Å². The standard InChI is InChI=1S/C23H29F3N4O3/c1-16-6-5-11-29(14-16)19(31)17-9-12-28(13-10-17)15-30-20(32)22(23(24,25)26,27-21(30)33)18-7-3-2-4-8-18/h2-4,7-8,16-17H,5-6,9-15H2,1H3,(H,27,33). The Morgan fingerprint density at radius 3 is 2.36 bits per heavy atom. The summed E-state index contributed by atoms with van der Waals surface area (Å²) in [7, 11) is 0. The molecule has 0 bridgehead atoms. The van der Waals surface area contributed by atoms with Gasteiger partial charge in [-0.05, 0) is 37.2 Å². The molecule has 2 atom stereocenters. The molecule has 0 radical (unpaired) electrons. The Hall–Kier alpha value is -2.62. The maximum absolute atomic E-state index is 14.1. The highest BCUT2D eigenvalue weighted by atomic mass is 19.4. The molecule has 0 spiro atoms. The second kappa shape index (κ2) is 8.96. The van der Waals surface area contributed by atoms with Gasteiger partial charge in [-0.15, -0.1) is 0 Å². The van der Waals surface area contributed by atoms with Crippen LogP contribution in [0.2, 0.25) is 0 Å². The van der Waals surface area contributed by atoms with E-state index in [0.717, 1.165) is 25.9 Å². The maximum atomic E-state index is 14.1. The Kier molecular flexibility index (Phi) is 6.39. The van der Waals surface area contributed by atoms with E-state index >= 15 is 0 Å². The summed E-state index contributed by atoms with van der Waals surface area (Å²) in [5.74, 6) is -0.836. The number of hydrogen-bond acceptors (Lipinski definition) is 4. The number of rotatable bonds is 4. The number of nitrogens with one attached hydrogen (secondary N) is 1. The monoisotopic (exact) mass is 466 g/mol. The molecule has 2 unspecified atom stereocenters. The van der Waals surface area contributed by atoms with E-state index in [1.54, 1.807) is 11.0 Å². The molecule has 33 heavy (non-hydrogen) atoms. The highest BCUT2D eigenvalue weighted by Crippen LogP contribution is 2.43. The van der Waals surface area contributed by atoms with Crippen molar-refractivity contribution in [1.82, 2.24) is 20.0 Å². The van der Waals surface area contributed by atoms with Gasteiger partial charge >= 0.3 is 12.2 Å². The van der Waals surface area contributed by atoms with Crippen molar-refractivity contribution in [2.75, 3.05) is 32.8 Å². The topological polar surface area (TPSA) is 73.0 Å². The first-order valence-corrected chi connectivity index (χ1v) is 11.4. The Morgan fingerprint density at radius 1 is 1.09 bits per heavy atom. The van der Waals surface area contributed by atoms with Crippen LogP contribution in [0.4, 0.5) is 18.0 Å². The van der Waals surface area contributed by atoms with Crippen LogP contribution in [0, 0.1) is 11.8 Å². The van der Waals surface area contributed by atoms with Crippen molar-refractivity contribution in [3.63, 3.8) is 0 Å². The van der Waals surface area contributed by atoms with E-state index in [1.165, 1.54) is 24.3 Å². The second-order valence-electron chi connectivity index (χ2n) is 9.34. The van der Waals surface area contributed by atoms with Gasteiger partial charge in [0.25, 0.3) is 5.91 Å². The predicted octanol–water partition coefficient (Wildman–Crippen LogP) is 2.92. The SMILES string of the molecule is CC1CCCN(C(=O)C2CCN(CN3C(=O)NC(c4ccccc4)(C(F)(F)F)C3=O)CC2)C1. The van der Waals surface area contributed by atoms with Crippen LogP contribution >= 0.6 is 0 Å². The van der Waals surface area contributed by atoms with Gasteiger partial charge in [-0.1, -0.05) is 37.3 Å². The van der Waals surface area contributed by atoms with Crippen molar-refractivity contribution >= 4 is 17.8 Å². The van der Waals surface area contributed by atoms with Gasteiger partial charge in [0.15, 0.2) is 0 Å². The summed E-state index contributed by atoms with van der Waals surface area (Å²) in [4.78, 5) is 42.7. The molecule has 10 heteroatoms. The highest BCUT2D eigenvalue weighted by Gasteiger charge is 2.68. The molecule has 3 heterocycles. The van der Waals surface area contributed by atoms with Gasteiger partial charge in [0.2, 0.25) is 11.4 Å². The summed E-state index contributed by atoms with van der Waals surface area (Å²) in [6.07, 6.45) is -1.77. The van der Waals surface area contributed by atoms with Crippen LogP contribution in [-0.4, -0.2) is 71.6 Å². The number of carbonyl (C=O) groups excluding carboxylic acids is 3. The third-order valence-electron chi connectivity index (χ3n) is 6.98. The molecule has 3 aliphatic rings. The molecular formula is C23H29F3N4O3. The van der Waals surface area contributed by atoms with Gasteiger partial charge in [-0.2, -0.15) is 13.2 Å². The minimum Gasteiger partial charge on any atom is -0.342 e. The van der Waals surface area contributed by atoms with Gasteiger partial charge in [0.1, 0.15) is 0 Å². The number of likely N-dealkylation sites (tertiary alicyclic amines) is 2. The van der Waals surface area contributed by atoms with E-state index in [4.69, 9.17) is 0 Å². The Balaban J connectivity index is 1.41. The second-order valence-corrected chi connectivity index (χ2v) is 9.34. The Bertz CT molecular complexity index is 902. The molecule has 1 aromatic carbocycles. The van der Waals surface area contributed by atoms with Crippen LogP contribution in [0.15, 0.2) is 30.3 Å². The number of alkyl halides is 3. The number of carbonyl (C=O) groups is 3. The lowest BCUT2D eigenvalue weighted by Crippen LogP contribution is -2.56. The van der Waals surface area contributed by atoms with E-state index in [-0.39, 0.29) is 24.1 Å². The quantitative estimate of drug-likeness (QED) is 0.693. The summed E-state index contributed by atoms with van der Waals surface area (Å²) in [5.41, 5.74) is -3.41. The molecule has 4 amide bonds. The summed E-state index contributed by atoms with van der Waals surface area (Å²) in [6.45, 7) is 4.29. The third kappa shape index (κ3) is 4.32. The van der Waals surface area contributed by atoms with E-state index in [1.807, 2.05) is 10.2 Å².